The van der Waals surface area contributed by atoms with Crippen molar-refractivity contribution in [1.29, 1.82) is 0 Å². The lowest BCUT2D eigenvalue weighted by Gasteiger charge is -2.50. The third-order valence-corrected chi connectivity index (χ3v) is 7.12. The van der Waals surface area contributed by atoms with Crippen molar-refractivity contribution in [3.63, 3.8) is 0 Å². The van der Waals surface area contributed by atoms with Gasteiger partial charge in [0.1, 0.15) is 0 Å². The van der Waals surface area contributed by atoms with Gasteiger partial charge in [-0.15, -0.1) is 5.10 Å². The van der Waals surface area contributed by atoms with E-state index in [0.717, 1.165) is 40.1 Å². The molecule has 0 spiro atoms. The average molecular weight is 445 g/mol. The number of aromatic amines is 1. The number of fused-ring (bicyclic) bond motifs is 3. The molecule has 1 N–H and O–H groups in total. The zero-order valence-electron chi connectivity index (χ0n) is 16.5. The Morgan fingerprint density at radius 2 is 2.23 bits per heavy atom. The van der Waals surface area contributed by atoms with Crippen molar-refractivity contribution in [3.05, 3.63) is 45.6 Å². The fourth-order valence-electron chi connectivity index (χ4n) is 4.88. The van der Waals surface area contributed by atoms with E-state index in [1.54, 1.807) is 10.3 Å². The number of H-pyrrole nitrogens is 1. The second-order valence-corrected chi connectivity index (χ2v) is 8.92. The number of aromatic nitrogens is 3. The molecule has 2 aromatic heterocycles. The first-order valence-corrected chi connectivity index (χ1v) is 11.3. The number of nitrogens with zero attached hydrogens (tertiary/aromatic N) is 3. The molecule has 9 heteroatoms. The molecule has 1 aliphatic carbocycles. The number of benzene rings is 1. The number of halogens is 1. The van der Waals surface area contributed by atoms with E-state index >= 15 is 0 Å². The Morgan fingerprint density at radius 3 is 2.90 bits per heavy atom. The van der Waals surface area contributed by atoms with Crippen LogP contribution in [0.3, 0.4) is 0 Å². The molecule has 1 amide bonds. The van der Waals surface area contributed by atoms with Gasteiger partial charge in [0.05, 0.1) is 18.1 Å². The first-order chi connectivity index (χ1) is 14.5. The molecule has 1 saturated carbocycles. The van der Waals surface area contributed by atoms with Gasteiger partial charge in [-0.2, -0.15) is 0 Å². The number of carbonyl (C=O) groups is 2. The van der Waals surface area contributed by atoms with Gasteiger partial charge in [-0.25, -0.2) is 0 Å². The first kappa shape index (κ1) is 19.5. The summed E-state index contributed by atoms with van der Waals surface area (Å²) in [6, 6.07) is 5.30. The smallest absolute Gasteiger partial charge is 0.314 e. The normalized spacial score (nSPS) is 19.9. The molecule has 7 nitrogen and oxygen atoms in total. The molecule has 0 saturated heterocycles. The van der Waals surface area contributed by atoms with Crippen molar-refractivity contribution in [2.75, 3.05) is 13.2 Å². The molecule has 2 aliphatic rings. The molecule has 1 atom stereocenters. The quantitative estimate of drug-likeness (QED) is 0.611. The number of esters is 1. The number of ether oxygens (including phenoxy) is 1. The molecule has 0 radical (unpaired) electrons. The van der Waals surface area contributed by atoms with Crippen LogP contribution < -0.4 is 0 Å². The molecule has 1 fully saturated rings. The van der Waals surface area contributed by atoms with Gasteiger partial charge in [-0.05, 0) is 61.5 Å². The summed E-state index contributed by atoms with van der Waals surface area (Å²) in [7, 11) is 0. The third kappa shape index (κ3) is 2.85. The SMILES string of the molecule is CCOC(=O)C1(C2c3[nH]c4ccc(Cl)cc4c3CCN2C(=O)c2csnn2)CCC1. The Kier molecular flexibility index (Phi) is 4.78. The van der Waals surface area contributed by atoms with E-state index in [1.165, 1.54) is 0 Å². The van der Waals surface area contributed by atoms with E-state index in [9.17, 15) is 9.59 Å². The highest BCUT2D eigenvalue weighted by Crippen LogP contribution is 2.56. The van der Waals surface area contributed by atoms with Crippen LogP contribution >= 0.6 is 23.1 Å². The van der Waals surface area contributed by atoms with E-state index in [2.05, 4.69) is 14.6 Å². The lowest BCUT2D eigenvalue weighted by atomic mass is 9.61. The molecule has 3 heterocycles. The van der Waals surface area contributed by atoms with Gasteiger partial charge >= 0.3 is 5.97 Å². The third-order valence-electron chi connectivity index (χ3n) is 6.38. The lowest BCUT2D eigenvalue weighted by molar-refractivity contribution is -0.168. The minimum atomic E-state index is -0.755. The molecule has 5 rings (SSSR count). The zero-order chi connectivity index (χ0) is 20.9. The summed E-state index contributed by atoms with van der Waals surface area (Å²) in [6.07, 6.45) is 2.97. The second-order valence-electron chi connectivity index (χ2n) is 7.88. The molecule has 0 bridgehead atoms. The summed E-state index contributed by atoms with van der Waals surface area (Å²) in [5.74, 6) is -0.438. The molecular formula is C21H21ClN4O3S. The highest BCUT2D eigenvalue weighted by Gasteiger charge is 2.57. The number of hydrogen-bond donors (Lipinski definition) is 1. The second kappa shape index (κ2) is 7.35. The monoisotopic (exact) mass is 444 g/mol. The Hall–Kier alpha value is -2.45. The molecular weight excluding hydrogens is 424 g/mol. The van der Waals surface area contributed by atoms with Crippen LogP contribution in [0.1, 0.15) is 54.0 Å². The van der Waals surface area contributed by atoms with Gasteiger partial charge < -0.3 is 14.6 Å². The fourth-order valence-corrected chi connectivity index (χ4v) is 5.48. The summed E-state index contributed by atoms with van der Waals surface area (Å²) >= 11 is 7.40. The maximum Gasteiger partial charge on any atom is 0.314 e. The minimum Gasteiger partial charge on any atom is -0.465 e. The number of nitrogens with one attached hydrogen (secondary N) is 1. The average Bonchev–Trinajstić information content (AvgIpc) is 3.35. The molecule has 156 valence electrons. The van der Waals surface area contributed by atoms with Gasteiger partial charge in [0.15, 0.2) is 5.69 Å². The van der Waals surface area contributed by atoms with Crippen LogP contribution in [0.25, 0.3) is 10.9 Å². The predicted octanol–water partition coefficient (Wildman–Crippen LogP) is 4.15. The Balaban J connectivity index is 1.68. The summed E-state index contributed by atoms with van der Waals surface area (Å²) < 4.78 is 9.33. The van der Waals surface area contributed by atoms with E-state index < -0.39 is 11.5 Å². The van der Waals surface area contributed by atoms with Crippen LogP contribution in [0.15, 0.2) is 23.6 Å². The predicted molar refractivity (Wildman–Crippen MR) is 114 cm³/mol. The van der Waals surface area contributed by atoms with Gasteiger partial charge in [0.25, 0.3) is 5.91 Å². The highest BCUT2D eigenvalue weighted by atomic mass is 35.5. The van der Waals surface area contributed by atoms with Gasteiger partial charge in [0, 0.05) is 33.5 Å². The maximum atomic E-state index is 13.4. The van der Waals surface area contributed by atoms with Crippen molar-refractivity contribution >= 4 is 45.9 Å². The zero-order valence-corrected chi connectivity index (χ0v) is 18.1. The largest absolute Gasteiger partial charge is 0.465 e. The topological polar surface area (TPSA) is 88.2 Å². The molecule has 1 aromatic carbocycles. The van der Waals surface area contributed by atoms with Gasteiger partial charge in [0.2, 0.25) is 0 Å². The van der Waals surface area contributed by atoms with Crippen LogP contribution in [0.5, 0.6) is 0 Å². The Labute approximate surface area is 182 Å². The van der Waals surface area contributed by atoms with Crippen molar-refractivity contribution in [2.24, 2.45) is 5.41 Å². The van der Waals surface area contributed by atoms with E-state index in [4.69, 9.17) is 16.3 Å². The van der Waals surface area contributed by atoms with Crippen molar-refractivity contribution in [3.8, 4) is 0 Å². The lowest BCUT2D eigenvalue weighted by Crippen LogP contribution is -2.54. The minimum absolute atomic E-state index is 0.202. The number of rotatable bonds is 4. The Bertz CT molecular complexity index is 1120. The van der Waals surface area contributed by atoms with Crippen LogP contribution in [0.2, 0.25) is 5.02 Å². The maximum absolute atomic E-state index is 13.4. The summed E-state index contributed by atoms with van der Waals surface area (Å²) in [5, 5.41) is 7.34. The molecule has 1 unspecified atom stereocenters. The van der Waals surface area contributed by atoms with E-state index in [1.807, 2.05) is 25.1 Å². The van der Waals surface area contributed by atoms with Crippen molar-refractivity contribution in [2.45, 2.75) is 38.6 Å². The van der Waals surface area contributed by atoms with Gasteiger partial charge in [-0.1, -0.05) is 22.5 Å². The van der Waals surface area contributed by atoms with Crippen molar-refractivity contribution in [1.82, 2.24) is 19.5 Å². The standard InChI is InChI=1S/C21H21ClN4O3S/c1-2-29-20(28)21(7-3-8-21)18-17-13(14-10-12(22)4-5-15(14)23-17)6-9-26(18)19(27)16-11-30-25-24-16/h4-5,10-11,18,23H,2-3,6-9H2,1H3. The summed E-state index contributed by atoms with van der Waals surface area (Å²) in [6.45, 7) is 2.62. The molecule has 30 heavy (non-hydrogen) atoms. The highest BCUT2D eigenvalue weighted by molar-refractivity contribution is 7.03. The first-order valence-electron chi connectivity index (χ1n) is 10.1. The van der Waals surface area contributed by atoms with Crippen molar-refractivity contribution < 1.29 is 14.3 Å². The summed E-state index contributed by atoms with van der Waals surface area (Å²) in [4.78, 5) is 31.8. The number of hydrogen-bond acceptors (Lipinski definition) is 6. The fraction of sp³-hybridized carbons (Fsp3) is 0.429. The number of amides is 1. The van der Waals surface area contributed by atoms with Crippen LogP contribution in [0.4, 0.5) is 0 Å². The van der Waals surface area contributed by atoms with E-state index in [0.29, 0.717) is 43.1 Å². The van der Waals surface area contributed by atoms with Crippen LogP contribution in [0, 0.1) is 5.41 Å². The molecule has 1 aliphatic heterocycles. The van der Waals surface area contributed by atoms with Gasteiger partial charge in [-0.3, -0.25) is 9.59 Å². The van der Waals surface area contributed by atoms with E-state index in [-0.39, 0.29) is 11.9 Å². The Morgan fingerprint density at radius 1 is 1.40 bits per heavy atom. The van der Waals surface area contributed by atoms with Crippen LogP contribution in [-0.4, -0.2) is 44.5 Å². The number of carbonyl (C=O) groups excluding carboxylic acids is 2. The summed E-state index contributed by atoms with van der Waals surface area (Å²) in [5.41, 5.74) is 2.54. The molecule has 3 aromatic rings. The van der Waals surface area contributed by atoms with Crippen LogP contribution in [-0.2, 0) is 16.0 Å².